The molecule has 0 aliphatic heterocycles. The van der Waals surface area contributed by atoms with E-state index in [1.165, 1.54) is 10.8 Å². The van der Waals surface area contributed by atoms with Gasteiger partial charge in [0, 0.05) is 22.5 Å². The molecule has 0 atom stereocenters. The Balaban J connectivity index is 1.66. The Morgan fingerprint density at radius 3 is 2.13 bits per heavy atom. The van der Waals surface area contributed by atoms with E-state index in [1.54, 1.807) is 0 Å². The van der Waals surface area contributed by atoms with Crippen molar-refractivity contribution in [3.8, 4) is 22.8 Å². The van der Waals surface area contributed by atoms with Crippen molar-refractivity contribution in [1.82, 2.24) is 15.0 Å². The topological polar surface area (TPSA) is 38.7 Å². The molecule has 0 aliphatic carbocycles. The van der Waals surface area contributed by atoms with Crippen molar-refractivity contribution in [2.24, 2.45) is 0 Å². The molecule has 3 nitrogen and oxygen atoms in total. The molecular weight excluding hydrogens is 366 g/mol. The third-order valence-corrected chi connectivity index (χ3v) is 5.51. The normalized spacial score (nSPS) is 11.3. The fourth-order valence-electron chi connectivity index (χ4n) is 4.02. The van der Waals surface area contributed by atoms with E-state index in [0.29, 0.717) is 5.82 Å². The quantitative estimate of drug-likeness (QED) is 0.335. The lowest BCUT2D eigenvalue weighted by Crippen LogP contribution is -1.97. The molecule has 2 heterocycles. The van der Waals surface area contributed by atoms with Crippen LogP contribution in [-0.4, -0.2) is 15.0 Å². The first-order valence-corrected chi connectivity index (χ1v) is 9.97. The summed E-state index contributed by atoms with van der Waals surface area (Å²) in [6.07, 6.45) is 1.85. The molecule has 0 fully saturated rings. The van der Waals surface area contributed by atoms with E-state index in [4.69, 9.17) is 15.0 Å². The first kappa shape index (κ1) is 16.8. The molecule has 0 N–H and O–H groups in total. The van der Waals surface area contributed by atoms with Crippen LogP contribution in [0, 0.1) is 0 Å². The van der Waals surface area contributed by atoms with Gasteiger partial charge in [0.2, 0.25) is 0 Å². The summed E-state index contributed by atoms with van der Waals surface area (Å²) in [5.74, 6) is 0.712. The SMILES string of the molecule is c1ccc2cc(-c3nc(-c4nccc5ccccc45)c4ccccc4n3)ccc2c1. The van der Waals surface area contributed by atoms with Crippen LogP contribution >= 0.6 is 0 Å². The van der Waals surface area contributed by atoms with Gasteiger partial charge in [-0.1, -0.05) is 78.9 Å². The van der Waals surface area contributed by atoms with Crippen LogP contribution in [0.4, 0.5) is 0 Å². The lowest BCUT2D eigenvalue weighted by Gasteiger charge is -2.11. The zero-order valence-electron chi connectivity index (χ0n) is 16.2. The van der Waals surface area contributed by atoms with Gasteiger partial charge in [0.1, 0.15) is 5.69 Å². The second kappa shape index (κ2) is 6.75. The van der Waals surface area contributed by atoms with Crippen LogP contribution in [0.15, 0.2) is 103 Å². The van der Waals surface area contributed by atoms with Crippen molar-refractivity contribution in [2.45, 2.75) is 0 Å². The van der Waals surface area contributed by atoms with E-state index in [-0.39, 0.29) is 0 Å². The highest BCUT2D eigenvalue weighted by molar-refractivity contribution is 6.02. The Bertz CT molecular complexity index is 1550. The summed E-state index contributed by atoms with van der Waals surface area (Å²) in [6.45, 7) is 0. The molecule has 2 aromatic heterocycles. The maximum atomic E-state index is 5.02. The molecule has 140 valence electrons. The minimum Gasteiger partial charge on any atom is -0.254 e. The molecule has 3 heteroatoms. The summed E-state index contributed by atoms with van der Waals surface area (Å²) in [6, 6.07) is 33.2. The van der Waals surface area contributed by atoms with Gasteiger partial charge in [0.15, 0.2) is 5.82 Å². The van der Waals surface area contributed by atoms with Crippen molar-refractivity contribution in [3.63, 3.8) is 0 Å². The van der Waals surface area contributed by atoms with E-state index in [9.17, 15) is 0 Å². The third-order valence-electron chi connectivity index (χ3n) is 5.51. The van der Waals surface area contributed by atoms with Crippen LogP contribution in [0.1, 0.15) is 0 Å². The summed E-state index contributed by atoms with van der Waals surface area (Å²) in [4.78, 5) is 14.6. The molecular formula is C27H17N3. The van der Waals surface area contributed by atoms with Crippen molar-refractivity contribution in [2.75, 3.05) is 0 Å². The highest BCUT2D eigenvalue weighted by Crippen LogP contribution is 2.32. The van der Waals surface area contributed by atoms with Crippen molar-refractivity contribution < 1.29 is 0 Å². The predicted octanol–water partition coefficient (Wildman–Crippen LogP) is 6.67. The molecule has 0 amide bonds. The fraction of sp³-hybridized carbons (Fsp3) is 0. The van der Waals surface area contributed by atoms with Gasteiger partial charge in [0.05, 0.1) is 11.2 Å². The van der Waals surface area contributed by atoms with Gasteiger partial charge < -0.3 is 0 Å². The van der Waals surface area contributed by atoms with Gasteiger partial charge in [-0.3, -0.25) is 4.98 Å². The molecule has 0 spiro atoms. The van der Waals surface area contributed by atoms with E-state index in [0.717, 1.165) is 38.6 Å². The average molecular weight is 383 g/mol. The summed E-state index contributed by atoms with van der Waals surface area (Å²) in [5, 5.41) is 5.63. The fourth-order valence-corrected chi connectivity index (χ4v) is 4.02. The Morgan fingerprint density at radius 1 is 0.500 bits per heavy atom. The molecule has 0 aliphatic rings. The van der Waals surface area contributed by atoms with Crippen molar-refractivity contribution in [1.29, 1.82) is 0 Å². The smallest absolute Gasteiger partial charge is 0.160 e. The number of benzene rings is 4. The first-order chi connectivity index (χ1) is 14.9. The minimum atomic E-state index is 0.712. The van der Waals surface area contributed by atoms with Crippen LogP contribution in [0.5, 0.6) is 0 Å². The lowest BCUT2D eigenvalue weighted by molar-refractivity contribution is 1.21. The standard InChI is InChI=1S/C27H17N3/c1-2-9-20-17-21(14-13-18(20)7-1)27-29-24-12-6-5-11-23(24)26(30-27)25-22-10-4-3-8-19(22)15-16-28-25/h1-17H. The van der Waals surface area contributed by atoms with Gasteiger partial charge >= 0.3 is 0 Å². The predicted molar refractivity (Wildman–Crippen MR) is 123 cm³/mol. The van der Waals surface area contributed by atoms with E-state index >= 15 is 0 Å². The molecule has 6 rings (SSSR count). The maximum absolute atomic E-state index is 5.02. The summed E-state index contributed by atoms with van der Waals surface area (Å²) in [7, 11) is 0. The maximum Gasteiger partial charge on any atom is 0.160 e. The minimum absolute atomic E-state index is 0.712. The van der Waals surface area contributed by atoms with Gasteiger partial charge in [-0.25, -0.2) is 9.97 Å². The molecule has 6 aromatic rings. The first-order valence-electron chi connectivity index (χ1n) is 9.97. The average Bonchev–Trinajstić information content (AvgIpc) is 2.82. The molecule has 0 saturated heterocycles. The van der Waals surface area contributed by atoms with Crippen LogP contribution in [-0.2, 0) is 0 Å². The Morgan fingerprint density at radius 2 is 1.23 bits per heavy atom. The summed E-state index contributed by atoms with van der Waals surface area (Å²) >= 11 is 0. The largest absolute Gasteiger partial charge is 0.254 e. The van der Waals surface area contributed by atoms with Crippen LogP contribution in [0.25, 0.3) is 55.2 Å². The lowest BCUT2D eigenvalue weighted by atomic mass is 10.0. The number of hydrogen-bond acceptors (Lipinski definition) is 3. The Hall–Kier alpha value is -4.11. The van der Waals surface area contributed by atoms with Crippen LogP contribution in [0.3, 0.4) is 0 Å². The molecule has 0 bridgehead atoms. The number of hydrogen-bond donors (Lipinski definition) is 0. The number of pyridine rings is 1. The summed E-state index contributed by atoms with van der Waals surface area (Å²) < 4.78 is 0. The monoisotopic (exact) mass is 383 g/mol. The van der Waals surface area contributed by atoms with E-state index in [1.807, 2.05) is 42.6 Å². The van der Waals surface area contributed by atoms with E-state index in [2.05, 4.69) is 60.7 Å². The second-order valence-electron chi connectivity index (χ2n) is 7.36. The number of nitrogens with zero attached hydrogens (tertiary/aromatic N) is 3. The highest BCUT2D eigenvalue weighted by atomic mass is 14.9. The third kappa shape index (κ3) is 2.72. The number of aromatic nitrogens is 3. The number of para-hydroxylation sites is 1. The zero-order valence-corrected chi connectivity index (χ0v) is 16.2. The molecule has 30 heavy (non-hydrogen) atoms. The zero-order chi connectivity index (χ0) is 19.9. The van der Waals surface area contributed by atoms with Crippen LogP contribution < -0.4 is 0 Å². The number of fused-ring (bicyclic) bond motifs is 3. The molecule has 0 radical (unpaired) electrons. The molecule has 4 aromatic carbocycles. The van der Waals surface area contributed by atoms with Gasteiger partial charge in [0.25, 0.3) is 0 Å². The summed E-state index contributed by atoms with van der Waals surface area (Å²) in [5.41, 5.74) is 3.66. The van der Waals surface area contributed by atoms with E-state index < -0.39 is 0 Å². The Labute approximate surface area is 173 Å². The highest BCUT2D eigenvalue weighted by Gasteiger charge is 2.14. The van der Waals surface area contributed by atoms with Crippen molar-refractivity contribution in [3.05, 3.63) is 103 Å². The van der Waals surface area contributed by atoms with Crippen molar-refractivity contribution >= 4 is 32.4 Å². The van der Waals surface area contributed by atoms with Gasteiger partial charge in [-0.15, -0.1) is 0 Å². The van der Waals surface area contributed by atoms with Gasteiger partial charge in [-0.2, -0.15) is 0 Å². The van der Waals surface area contributed by atoms with Gasteiger partial charge in [-0.05, 0) is 34.4 Å². The number of rotatable bonds is 2. The Kier molecular flexibility index (Phi) is 3.78. The van der Waals surface area contributed by atoms with Crippen LogP contribution in [0.2, 0.25) is 0 Å². The molecule has 0 unspecified atom stereocenters. The molecule has 0 saturated carbocycles. The second-order valence-corrected chi connectivity index (χ2v) is 7.36.